The van der Waals surface area contributed by atoms with Crippen LogP contribution in [0.5, 0.6) is 17.2 Å². The van der Waals surface area contributed by atoms with E-state index >= 15 is 0 Å². The molecule has 27 heavy (non-hydrogen) atoms. The topological polar surface area (TPSA) is 60.3 Å². The number of rotatable bonds is 8. The van der Waals surface area contributed by atoms with Gasteiger partial charge in [0.05, 0.1) is 13.3 Å². The Bertz CT molecular complexity index is 877. The molecule has 5 heteroatoms. The van der Waals surface area contributed by atoms with Gasteiger partial charge in [0.25, 0.3) is 0 Å². The number of oxime groups is 1. The van der Waals surface area contributed by atoms with Crippen molar-refractivity contribution < 1.29 is 19.4 Å². The van der Waals surface area contributed by atoms with Gasteiger partial charge in [-0.25, -0.2) is 0 Å². The van der Waals surface area contributed by atoms with E-state index in [0.29, 0.717) is 24.7 Å². The van der Waals surface area contributed by atoms with Gasteiger partial charge in [0.2, 0.25) is 0 Å². The molecule has 0 aromatic heterocycles. The smallest absolute Gasteiger partial charge is 0.161 e. The van der Waals surface area contributed by atoms with E-state index in [4.69, 9.17) is 19.4 Å². The van der Waals surface area contributed by atoms with Crippen molar-refractivity contribution in [2.24, 2.45) is 5.16 Å². The second-order valence-corrected chi connectivity index (χ2v) is 5.86. The summed E-state index contributed by atoms with van der Waals surface area (Å²) in [5.41, 5.74) is 2.87. The van der Waals surface area contributed by atoms with E-state index in [1.54, 1.807) is 7.11 Å². The maximum Gasteiger partial charge on any atom is 0.161 e. The van der Waals surface area contributed by atoms with Crippen molar-refractivity contribution in [3.8, 4) is 17.2 Å². The number of hydrogen-bond acceptors (Lipinski definition) is 5. The lowest BCUT2D eigenvalue weighted by Gasteiger charge is -2.13. The predicted molar refractivity (Wildman–Crippen MR) is 104 cm³/mol. The van der Waals surface area contributed by atoms with Crippen molar-refractivity contribution in [1.82, 2.24) is 0 Å². The molecule has 0 amide bonds. The zero-order valence-corrected chi connectivity index (χ0v) is 15.0. The maximum absolute atomic E-state index is 8.53. The fourth-order valence-electron chi connectivity index (χ4n) is 2.54. The quantitative estimate of drug-likeness (QED) is 0.359. The fourth-order valence-corrected chi connectivity index (χ4v) is 2.54. The Kier molecular flexibility index (Phi) is 6.30. The van der Waals surface area contributed by atoms with Crippen LogP contribution in [0.3, 0.4) is 0 Å². The zero-order chi connectivity index (χ0) is 18.9. The first-order valence-electron chi connectivity index (χ1n) is 8.52. The highest BCUT2D eigenvalue weighted by Crippen LogP contribution is 2.29. The van der Waals surface area contributed by atoms with Crippen LogP contribution in [-0.4, -0.2) is 18.5 Å². The lowest BCUT2D eigenvalue weighted by Crippen LogP contribution is -2.00. The zero-order valence-electron chi connectivity index (χ0n) is 15.0. The minimum atomic E-state index is 0.406. The van der Waals surface area contributed by atoms with Crippen LogP contribution in [0.25, 0.3) is 0 Å². The summed E-state index contributed by atoms with van der Waals surface area (Å²) in [6.45, 7) is 0.888. The third-order valence-electron chi connectivity index (χ3n) is 3.96. The summed E-state index contributed by atoms with van der Waals surface area (Å²) in [6, 6.07) is 23.0. The van der Waals surface area contributed by atoms with Crippen molar-refractivity contribution >= 4 is 6.21 Å². The molecule has 0 aliphatic heterocycles. The Hall–Kier alpha value is -3.47. The Balaban J connectivity index is 1.61. The van der Waals surface area contributed by atoms with Crippen LogP contribution < -0.4 is 14.2 Å². The molecule has 3 rings (SSSR count). The highest BCUT2D eigenvalue weighted by atomic mass is 16.5. The second kappa shape index (κ2) is 9.29. The molecule has 0 atom stereocenters. The summed E-state index contributed by atoms with van der Waals surface area (Å²) in [4.78, 5) is 0. The van der Waals surface area contributed by atoms with E-state index in [1.807, 2.05) is 72.8 Å². The first-order chi connectivity index (χ1) is 13.3. The molecule has 0 spiro atoms. The van der Waals surface area contributed by atoms with Crippen LogP contribution in [0.2, 0.25) is 0 Å². The van der Waals surface area contributed by atoms with Crippen LogP contribution in [0.1, 0.15) is 16.7 Å². The number of hydrogen-bond donors (Lipinski definition) is 1. The van der Waals surface area contributed by atoms with Gasteiger partial charge in [-0.05, 0) is 53.1 Å². The number of benzene rings is 3. The van der Waals surface area contributed by atoms with Gasteiger partial charge >= 0.3 is 0 Å². The molecule has 0 saturated heterocycles. The van der Waals surface area contributed by atoms with Crippen LogP contribution in [0.4, 0.5) is 0 Å². The Morgan fingerprint density at radius 3 is 2.26 bits per heavy atom. The van der Waals surface area contributed by atoms with E-state index in [0.717, 1.165) is 22.4 Å². The van der Waals surface area contributed by atoms with Gasteiger partial charge in [-0.1, -0.05) is 41.6 Å². The summed E-state index contributed by atoms with van der Waals surface area (Å²) in [7, 11) is 1.62. The first kappa shape index (κ1) is 18.3. The van der Waals surface area contributed by atoms with Gasteiger partial charge in [-0.2, -0.15) is 0 Å². The molecule has 0 radical (unpaired) electrons. The minimum Gasteiger partial charge on any atom is -0.493 e. The fraction of sp³-hybridized carbons (Fsp3) is 0.136. The molecule has 3 aromatic rings. The van der Waals surface area contributed by atoms with Crippen molar-refractivity contribution in [2.45, 2.75) is 13.2 Å². The second-order valence-electron chi connectivity index (χ2n) is 5.86. The summed E-state index contributed by atoms with van der Waals surface area (Å²) >= 11 is 0. The van der Waals surface area contributed by atoms with Gasteiger partial charge in [-0.15, -0.1) is 0 Å². The number of nitrogens with zero attached hydrogens (tertiary/aromatic N) is 1. The van der Waals surface area contributed by atoms with Crippen LogP contribution >= 0.6 is 0 Å². The summed E-state index contributed by atoms with van der Waals surface area (Å²) < 4.78 is 17.1. The highest BCUT2D eigenvalue weighted by Gasteiger charge is 2.07. The van der Waals surface area contributed by atoms with E-state index in [-0.39, 0.29) is 0 Å². The predicted octanol–water partition coefficient (Wildman–Crippen LogP) is 4.66. The average Bonchev–Trinajstić information content (AvgIpc) is 2.73. The maximum atomic E-state index is 8.53. The molecule has 5 nitrogen and oxygen atoms in total. The lowest BCUT2D eigenvalue weighted by atomic mass is 10.2. The Morgan fingerprint density at radius 2 is 1.56 bits per heavy atom. The van der Waals surface area contributed by atoms with E-state index < -0.39 is 0 Å². The van der Waals surface area contributed by atoms with Crippen LogP contribution in [-0.2, 0) is 13.2 Å². The molecule has 1 N–H and O–H groups in total. The largest absolute Gasteiger partial charge is 0.493 e. The van der Waals surface area contributed by atoms with Crippen molar-refractivity contribution in [3.63, 3.8) is 0 Å². The molecule has 0 aliphatic rings. The van der Waals surface area contributed by atoms with Crippen molar-refractivity contribution in [2.75, 3.05) is 7.11 Å². The Morgan fingerprint density at radius 1 is 0.815 bits per heavy atom. The molecule has 0 heterocycles. The molecule has 0 fully saturated rings. The molecule has 0 bridgehead atoms. The molecule has 3 aromatic carbocycles. The number of ether oxygens (including phenoxy) is 3. The third-order valence-corrected chi connectivity index (χ3v) is 3.96. The van der Waals surface area contributed by atoms with E-state index in [1.165, 1.54) is 6.21 Å². The van der Waals surface area contributed by atoms with Gasteiger partial charge in [0, 0.05) is 0 Å². The summed E-state index contributed by atoms with van der Waals surface area (Å²) in [5.74, 6) is 2.09. The molecule has 0 saturated carbocycles. The van der Waals surface area contributed by atoms with Crippen LogP contribution in [0, 0.1) is 0 Å². The average molecular weight is 363 g/mol. The molecular weight excluding hydrogens is 342 g/mol. The van der Waals surface area contributed by atoms with Crippen molar-refractivity contribution in [1.29, 1.82) is 0 Å². The van der Waals surface area contributed by atoms with Crippen LogP contribution in [0.15, 0.2) is 78.0 Å². The molecular formula is C22H21NO4. The molecule has 0 aliphatic carbocycles. The summed E-state index contributed by atoms with van der Waals surface area (Å²) in [5, 5.41) is 11.5. The first-order valence-corrected chi connectivity index (χ1v) is 8.52. The van der Waals surface area contributed by atoms with E-state index in [2.05, 4.69) is 5.16 Å². The number of methoxy groups -OCH3 is 1. The Labute approximate surface area is 158 Å². The monoisotopic (exact) mass is 363 g/mol. The third kappa shape index (κ3) is 5.25. The van der Waals surface area contributed by atoms with Gasteiger partial charge in [-0.3, -0.25) is 0 Å². The molecule has 138 valence electrons. The molecule has 0 unspecified atom stereocenters. The standard InChI is InChI=1S/C22H21NO4/c1-25-22-13-19(16-26-20-10-7-17(8-11-20)14-23-24)9-12-21(22)27-15-18-5-3-2-4-6-18/h2-14,24H,15-16H2,1H3/b23-14+. The minimum absolute atomic E-state index is 0.406. The van der Waals surface area contributed by atoms with Gasteiger partial charge in [0.15, 0.2) is 11.5 Å². The van der Waals surface area contributed by atoms with E-state index in [9.17, 15) is 0 Å². The summed E-state index contributed by atoms with van der Waals surface area (Å²) in [6.07, 6.45) is 1.36. The van der Waals surface area contributed by atoms with Crippen molar-refractivity contribution in [3.05, 3.63) is 89.5 Å². The van der Waals surface area contributed by atoms with Gasteiger partial charge in [0.1, 0.15) is 19.0 Å². The highest BCUT2D eigenvalue weighted by molar-refractivity contribution is 5.79. The normalized spacial score (nSPS) is 10.7. The van der Waals surface area contributed by atoms with Gasteiger partial charge < -0.3 is 19.4 Å². The lowest BCUT2D eigenvalue weighted by molar-refractivity contribution is 0.281. The SMILES string of the molecule is COc1cc(COc2ccc(/C=N/O)cc2)ccc1OCc1ccccc1.